The monoisotopic (exact) mass is 391 g/mol. The summed E-state index contributed by atoms with van der Waals surface area (Å²) in [6.07, 6.45) is -1.09. The van der Waals surface area contributed by atoms with Gasteiger partial charge in [-0.15, -0.1) is 0 Å². The minimum atomic E-state index is -0.836. The number of carbonyl (C=O) groups excluding carboxylic acids is 3. The third-order valence-corrected chi connectivity index (χ3v) is 4.59. The number of carbonyl (C=O) groups is 3. The Balaban J connectivity index is 1.91. The highest BCUT2D eigenvalue weighted by Crippen LogP contribution is 2.12. The van der Waals surface area contributed by atoms with Gasteiger partial charge in [-0.3, -0.25) is 9.59 Å². The van der Waals surface area contributed by atoms with Gasteiger partial charge in [-0.2, -0.15) is 0 Å². The summed E-state index contributed by atoms with van der Waals surface area (Å²) in [6.45, 7) is 5.84. The minimum absolute atomic E-state index is 0.109. The van der Waals surface area contributed by atoms with Crippen molar-refractivity contribution < 1.29 is 24.2 Å². The summed E-state index contributed by atoms with van der Waals surface area (Å²) in [4.78, 5) is 37.8. The van der Waals surface area contributed by atoms with E-state index in [1.54, 1.807) is 0 Å². The first-order valence-corrected chi connectivity index (χ1v) is 9.47. The summed E-state index contributed by atoms with van der Waals surface area (Å²) in [7, 11) is 0. The van der Waals surface area contributed by atoms with Gasteiger partial charge in [-0.1, -0.05) is 44.2 Å². The molecule has 2 unspecified atom stereocenters. The summed E-state index contributed by atoms with van der Waals surface area (Å²) in [5.74, 6) is -0.399. The predicted molar refractivity (Wildman–Crippen MR) is 103 cm³/mol. The van der Waals surface area contributed by atoms with Gasteiger partial charge in [0.25, 0.3) is 0 Å². The average Bonchev–Trinajstić information content (AvgIpc) is 3.01. The lowest BCUT2D eigenvalue weighted by molar-refractivity contribution is -0.128. The fourth-order valence-corrected chi connectivity index (χ4v) is 3.08. The Morgan fingerprint density at radius 3 is 2.46 bits per heavy atom. The van der Waals surface area contributed by atoms with Crippen LogP contribution in [-0.4, -0.2) is 59.2 Å². The number of hydrogen-bond donors (Lipinski definition) is 3. The first kappa shape index (κ1) is 21.7. The number of hydrogen-bond acceptors (Lipinski definition) is 5. The van der Waals surface area contributed by atoms with E-state index in [2.05, 4.69) is 10.6 Å². The summed E-state index contributed by atoms with van der Waals surface area (Å²) in [6, 6.07) is 7.90. The molecule has 3 amide bonds. The standard InChI is InChI=1S/C20H29N3O5/c1-13(2)9-16(22-20(27)28-12-15-7-5-4-6-8-15)19(26)21-17-10-23(14(3)24)11-18(17)25/h4-8,13,16-18,25H,9-12H2,1-3H3,(H,21,26)(H,22,27)/t16-,17?,18?/m0/s1. The molecule has 0 radical (unpaired) electrons. The maximum absolute atomic E-state index is 12.7. The van der Waals surface area contributed by atoms with Crippen molar-refractivity contribution in [1.82, 2.24) is 15.5 Å². The van der Waals surface area contributed by atoms with Gasteiger partial charge >= 0.3 is 6.09 Å². The summed E-state index contributed by atoms with van der Waals surface area (Å²) in [5.41, 5.74) is 0.848. The van der Waals surface area contributed by atoms with E-state index in [0.717, 1.165) is 5.56 Å². The molecule has 8 heteroatoms. The topological polar surface area (TPSA) is 108 Å². The fraction of sp³-hybridized carbons (Fsp3) is 0.550. The summed E-state index contributed by atoms with van der Waals surface area (Å²) >= 11 is 0. The molecule has 8 nitrogen and oxygen atoms in total. The van der Waals surface area contributed by atoms with Crippen LogP contribution in [0.4, 0.5) is 4.79 Å². The van der Waals surface area contributed by atoms with Crippen molar-refractivity contribution in [2.45, 2.75) is 52.0 Å². The van der Waals surface area contributed by atoms with E-state index in [9.17, 15) is 19.5 Å². The number of amides is 3. The lowest BCUT2D eigenvalue weighted by atomic mass is 10.0. The number of benzene rings is 1. The van der Waals surface area contributed by atoms with Crippen LogP contribution >= 0.6 is 0 Å². The van der Waals surface area contributed by atoms with Gasteiger partial charge in [0.05, 0.1) is 12.1 Å². The number of aliphatic hydroxyl groups excluding tert-OH is 1. The molecule has 0 aromatic heterocycles. The van der Waals surface area contributed by atoms with Crippen LogP contribution in [0.25, 0.3) is 0 Å². The molecule has 2 rings (SSSR count). The normalized spacial score (nSPS) is 20.0. The third-order valence-electron chi connectivity index (χ3n) is 4.59. The molecule has 1 fully saturated rings. The van der Waals surface area contributed by atoms with Crippen molar-refractivity contribution in [1.29, 1.82) is 0 Å². The zero-order valence-corrected chi connectivity index (χ0v) is 16.6. The molecule has 1 aromatic carbocycles. The third kappa shape index (κ3) is 6.53. The summed E-state index contributed by atoms with van der Waals surface area (Å²) in [5, 5.41) is 15.4. The van der Waals surface area contributed by atoms with E-state index in [-0.39, 0.29) is 31.5 Å². The van der Waals surface area contributed by atoms with Gasteiger partial charge in [0.2, 0.25) is 11.8 Å². The molecular formula is C20H29N3O5. The average molecular weight is 391 g/mol. The second-order valence-electron chi connectivity index (χ2n) is 7.49. The maximum Gasteiger partial charge on any atom is 0.408 e. The predicted octanol–water partition coefficient (Wildman–Crippen LogP) is 1.04. The Labute approximate surface area is 165 Å². The van der Waals surface area contributed by atoms with Gasteiger partial charge in [0.15, 0.2) is 0 Å². The highest BCUT2D eigenvalue weighted by atomic mass is 16.5. The SMILES string of the molecule is CC(=O)N1CC(O)C(NC(=O)[C@H](CC(C)C)NC(=O)OCc2ccccc2)C1. The molecule has 3 N–H and O–H groups in total. The first-order valence-electron chi connectivity index (χ1n) is 9.47. The zero-order chi connectivity index (χ0) is 20.7. The van der Waals surface area contributed by atoms with Gasteiger partial charge in [-0.05, 0) is 17.9 Å². The molecule has 0 saturated carbocycles. The largest absolute Gasteiger partial charge is 0.445 e. The second-order valence-corrected chi connectivity index (χ2v) is 7.49. The smallest absolute Gasteiger partial charge is 0.408 e. The Morgan fingerprint density at radius 2 is 1.89 bits per heavy atom. The quantitative estimate of drug-likeness (QED) is 0.644. The van der Waals surface area contributed by atoms with Gasteiger partial charge < -0.3 is 25.4 Å². The summed E-state index contributed by atoms with van der Waals surface area (Å²) < 4.78 is 5.20. The van der Waals surface area contributed by atoms with E-state index >= 15 is 0 Å². The van der Waals surface area contributed by atoms with E-state index in [1.807, 2.05) is 44.2 Å². The number of β-amino-alcohol motifs (C(OH)–C–C–N with tert-alkyl or cyclic N) is 1. The maximum atomic E-state index is 12.7. The van der Waals surface area contributed by atoms with Crippen LogP contribution in [0.3, 0.4) is 0 Å². The van der Waals surface area contributed by atoms with Gasteiger partial charge in [0, 0.05) is 20.0 Å². The minimum Gasteiger partial charge on any atom is -0.445 e. The van der Waals surface area contributed by atoms with Crippen LogP contribution < -0.4 is 10.6 Å². The fourth-order valence-electron chi connectivity index (χ4n) is 3.08. The van der Waals surface area contributed by atoms with E-state index in [0.29, 0.717) is 6.42 Å². The molecule has 154 valence electrons. The lowest BCUT2D eigenvalue weighted by Gasteiger charge is -2.23. The number of ether oxygens (including phenoxy) is 1. The molecule has 1 aliphatic heterocycles. The zero-order valence-electron chi connectivity index (χ0n) is 16.6. The van der Waals surface area contributed by atoms with Crippen LogP contribution in [0.15, 0.2) is 30.3 Å². The van der Waals surface area contributed by atoms with Gasteiger partial charge in [-0.25, -0.2) is 4.79 Å². The number of aliphatic hydroxyl groups is 1. The van der Waals surface area contributed by atoms with Crippen molar-refractivity contribution in [2.24, 2.45) is 5.92 Å². The molecule has 3 atom stereocenters. The number of likely N-dealkylation sites (tertiary alicyclic amines) is 1. The molecule has 1 saturated heterocycles. The molecule has 0 aliphatic carbocycles. The van der Waals surface area contributed by atoms with Crippen molar-refractivity contribution in [3.05, 3.63) is 35.9 Å². The first-order chi connectivity index (χ1) is 13.3. The highest BCUT2D eigenvalue weighted by molar-refractivity contribution is 5.86. The molecule has 28 heavy (non-hydrogen) atoms. The van der Waals surface area contributed by atoms with Crippen molar-refractivity contribution >= 4 is 17.9 Å². The number of rotatable bonds is 7. The molecule has 1 heterocycles. The number of nitrogens with one attached hydrogen (secondary N) is 2. The van der Waals surface area contributed by atoms with Crippen molar-refractivity contribution in [3.63, 3.8) is 0 Å². The van der Waals surface area contributed by atoms with Crippen LogP contribution in [-0.2, 0) is 20.9 Å². The number of alkyl carbamates (subject to hydrolysis) is 1. The van der Waals surface area contributed by atoms with Crippen LogP contribution in [0.5, 0.6) is 0 Å². The molecule has 1 aromatic rings. The Hall–Kier alpha value is -2.61. The Kier molecular flexibility index (Phi) is 7.80. The van der Waals surface area contributed by atoms with Crippen LogP contribution in [0.2, 0.25) is 0 Å². The van der Waals surface area contributed by atoms with E-state index in [1.165, 1.54) is 11.8 Å². The lowest BCUT2D eigenvalue weighted by Crippen LogP contribution is -2.53. The van der Waals surface area contributed by atoms with Crippen LogP contribution in [0.1, 0.15) is 32.8 Å². The van der Waals surface area contributed by atoms with Crippen molar-refractivity contribution in [3.8, 4) is 0 Å². The molecular weight excluding hydrogens is 362 g/mol. The van der Waals surface area contributed by atoms with Crippen LogP contribution in [0, 0.1) is 5.92 Å². The second kappa shape index (κ2) is 10.1. The Morgan fingerprint density at radius 1 is 1.21 bits per heavy atom. The molecule has 0 bridgehead atoms. The van der Waals surface area contributed by atoms with E-state index in [4.69, 9.17) is 4.74 Å². The Bertz CT molecular complexity index is 680. The molecule has 1 aliphatic rings. The van der Waals surface area contributed by atoms with Crippen molar-refractivity contribution in [2.75, 3.05) is 13.1 Å². The van der Waals surface area contributed by atoms with Gasteiger partial charge in [0.1, 0.15) is 12.6 Å². The molecule has 0 spiro atoms. The highest BCUT2D eigenvalue weighted by Gasteiger charge is 2.35. The number of nitrogens with zero attached hydrogens (tertiary/aromatic N) is 1. The van der Waals surface area contributed by atoms with E-state index < -0.39 is 30.2 Å².